The number of thiazole rings is 1. The van der Waals surface area contributed by atoms with Crippen LogP contribution in [0.1, 0.15) is 24.6 Å². The fraction of sp³-hybridized carbons (Fsp3) is 0.389. The van der Waals surface area contributed by atoms with Crippen molar-refractivity contribution in [3.05, 3.63) is 34.7 Å². The summed E-state index contributed by atoms with van der Waals surface area (Å²) < 4.78 is 26.7. The molecule has 0 aliphatic carbocycles. The summed E-state index contributed by atoms with van der Waals surface area (Å²) in [5, 5.41) is 3.16. The summed E-state index contributed by atoms with van der Waals surface area (Å²) in [5.74, 6) is -1.58. The van der Waals surface area contributed by atoms with Crippen LogP contribution in [-0.4, -0.2) is 38.4 Å². The van der Waals surface area contributed by atoms with Gasteiger partial charge in [0.15, 0.2) is 16.8 Å². The Bertz CT molecular complexity index is 949. The van der Waals surface area contributed by atoms with E-state index in [-0.39, 0.29) is 16.7 Å². The number of aryl methyl sites for hydroxylation is 1. The van der Waals surface area contributed by atoms with Gasteiger partial charge in [0.05, 0.1) is 10.6 Å². The minimum atomic E-state index is -0.944. The Morgan fingerprint density at radius 3 is 2.89 bits per heavy atom. The lowest BCUT2D eigenvalue weighted by Crippen LogP contribution is -2.48. The molecule has 1 aromatic carbocycles. The van der Waals surface area contributed by atoms with E-state index in [1.807, 2.05) is 6.92 Å². The van der Waals surface area contributed by atoms with Crippen LogP contribution in [0.2, 0.25) is 0 Å². The molecule has 0 radical (unpaired) electrons. The average molecular weight is 409 g/mol. The molecular weight excluding hydrogens is 392 g/mol. The summed E-state index contributed by atoms with van der Waals surface area (Å²) in [5.41, 5.74) is 0.943. The number of carbonyl (C=O) groups excluding carboxylic acids is 2. The van der Waals surface area contributed by atoms with Crippen LogP contribution in [0, 0.1) is 18.6 Å². The van der Waals surface area contributed by atoms with Crippen LogP contribution in [-0.2, 0) is 9.59 Å². The lowest BCUT2D eigenvalue weighted by molar-refractivity contribution is -0.135. The molecule has 2 saturated heterocycles. The van der Waals surface area contributed by atoms with E-state index in [1.54, 1.807) is 23.6 Å². The number of hydrogen-bond acceptors (Lipinski definition) is 5. The molecule has 2 amide bonds. The molecule has 0 spiro atoms. The summed E-state index contributed by atoms with van der Waals surface area (Å²) in [7, 11) is 0. The molecule has 9 heteroatoms. The van der Waals surface area contributed by atoms with E-state index in [2.05, 4.69) is 10.3 Å². The number of carbonyl (C=O) groups is 2. The Labute approximate surface area is 163 Å². The first-order valence-corrected chi connectivity index (χ1v) is 10.3. The molecule has 4 rings (SSSR count). The van der Waals surface area contributed by atoms with Gasteiger partial charge in [0.1, 0.15) is 6.04 Å². The van der Waals surface area contributed by atoms with Crippen molar-refractivity contribution in [3.63, 3.8) is 0 Å². The fourth-order valence-electron chi connectivity index (χ4n) is 3.56. The van der Waals surface area contributed by atoms with Crippen molar-refractivity contribution < 1.29 is 18.4 Å². The van der Waals surface area contributed by atoms with E-state index in [1.165, 1.54) is 17.4 Å². The molecule has 0 saturated carbocycles. The molecule has 5 nitrogen and oxygen atoms in total. The molecule has 2 aliphatic rings. The van der Waals surface area contributed by atoms with Crippen molar-refractivity contribution in [3.8, 4) is 11.3 Å². The van der Waals surface area contributed by atoms with Gasteiger partial charge in [-0.05, 0) is 38.5 Å². The lowest BCUT2D eigenvalue weighted by Gasteiger charge is -2.29. The zero-order chi connectivity index (χ0) is 19.3. The number of amides is 2. The molecule has 142 valence electrons. The number of aromatic nitrogens is 1. The standard InChI is InChI=1S/C18H17F2N3O2S2/c1-9-15(10-3-4-11(19)12(20)7-10)21-17(27-9)22-16(25)13-8-26-18(2)6-5-14(24)23(13)18/h3-4,7,13H,5-6,8H2,1-2H3,(H,21,22,25)/t13-,18+/m0/s1. The number of halogens is 2. The highest BCUT2D eigenvalue weighted by molar-refractivity contribution is 8.01. The molecular formula is C18H17F2N3O2S2. The smallest absolute Gasteiger partial charge is 0.249 e. The Hall–Kier alpha value is -2.00. The molecule has 0 bridgehead atoms. The Kier molecular flexibility index (Phi) is 4.46. The normalized spacial score (nSPS) is 24.4. The van der Waals surface area contributed by atoms with Crippen molar-refractivity contribution in [2.45, 2.75) is 37.6 Å². The maximum absolute atomic E-state index is 13.5. The van der Waals surface area contributed by atoms with Gasteiger partial charge in [-0.25, -0.2) is 13.8 Å². The van der Waals surface area contributed by atoms with E-state index >= 15 is 0 Å². The second-order valence-electron chi connectivity index (χ2n) is 6.81. The van der Waals surface area contributed by atoms with E-state index in [4.69, 9.17) is 0 Å². The highest BCUT2D eigenvalue weighted by atomic mass is 32.2. The van der Waals surface area contributed by atoms with E-state index < -0.39 is 17.7 Å². The second-order valence-corrected chi connectivity index (χ2v) is 9.51. The minimum Gasteiger partial charge on any atom is -0.315 e. The van der Waals surface area contributed by atoms with Crippen LogP contribution >= 0.6 is 23.1 Å². The zero-order valence-corrected chi connectivity index (χ0v) is 16.3. The van der Waals surface area contributed by atoms with Crippen LogP contribution in [0.25, 0.3) is 11.3 Å². The first-order valence-electron chi connectivity index (χ1n) is 8.48. The van der Waals surface area contributed by atoms with E-state index in [0.717, 1.165) is 23.4 Å². The Morgan fingerprint density at radius 1 is 1.37 bits per heavy atom. The highest BCUT2D eigenvalue weighted by Crippen LogP contribution is 2.47. The number of fused-ring (bicyclic) bond motifs is 1. The molecule has 27 heavy (non-hydrogen) atoms. The third-order valence-corrected chi connectivity index (χ3v) is 7.36. The fourth-order valence-corrected chi connectivity index (χ4v) is 5.84. The summed E-state index contributed by atoms with van der Waals surface area (Å²) >= 11 is 2.89. The van der Waals surface area contributed by atoms with Crippen molar-refractivity contribution >= 4 is 40.0 Å². The number of hydrogen-bond donors (Lipinski definition) is 1. The Balaban J connectivity index is 1.54. The van der Waals surface area contributed by atoms with Crippen molar-refractivity contribution in [1.29, 1.82) is 0 Å². The van der Waals surface area contributed by atoms with Crippen LogP contribution in [0.3, 0.4) is 0 Å². The van der Waals surface area contributed by atoms with E-state index in [9.17, 15) is 18.4 Å². The first kappa shape index (κ1) is 18.4. The van der Waals surface area contributed by atoms with Gasteiger partial charge in [-0.1, -0.05) is 0 Å². The summed E-state index contributed by atoms with van der Waals surface area (Å²) in [6, 6.07) is 3.07. The third kappa shape index (κ3) is 3.12. The van der Waals surface area contributed by atoms with Gasteiger partial charge in [-0.3, -0.25) is 9.59 Å². The molecule has 3 heterocycles. The number of nitrogens with one attached hydrogen (secondary N) is 1. The minimum absolute atomic E-state index is 0.000413. The maximum atomic E-state index is 13.5. The predicted octanol–water partition coefficient (Wildman–Crippen LogP) is 3.79. The van der Waals surface area contributed by atoms with Gasteiger partial charge in [0.25, 0.3) is 0 Å². The topological polar surface area (TPSA) is 62.3 Å². The van der Waals surface area contributed by atoms with Gasteiger partial charge in [0, 0.05) is 22.6 Å². The molecule has 2 atom stereocenters. The molecule has 0 unspecified atom stereocenters. The van der Waals surface area contributed by atoms with Crippen molar-refractivity contribution in [1.82, 2.24) is 9.88 Å². The number of rotatable bonds is 3. The van der Waals surface area contributed by atoms with Gasteiger partial charge in [-0.15, -0.1) is 23.1 Å². The number of benzene rings is 1. The number of anilines is 1. The second kappa shape index (κ2) is 6.56. The molecule has 2 aromatic rings. The van der Waals surface area contributed by atoms with Crippen molar-refractivity contribution in [2.24, 2.45) is 0 Å². The third-order valence-electron chi connectivity index (χ3n) is 4.97. The molecule has 2 fully saturated rings. The largest absolute Gasteiger partial charge is 0.315 e. The van der Waals surface area contributed by atoms with Crippen LogP contribution in [0.15, 0.2) is 18.2 Å². The number of thioether (sulfide) groups is 1. The monoisotopic (exact) mass is 409 g/mol. The van der Waals surface area contributed by atoms with E-state index in [0.29, 0.717) is 28.6 Å². The summed E-state index contributed by atoms with van der Waals surface area (Å²) in [6.45, 7) is 3.79. The summed E-state index contributed by atoms with van der Waals surface area (Å²) in [4.78, 5) is 31.4. The van der Waals surface area contributed by atoms with Crippen molar-refractivity contribution in [2.75, 3.05) is 11.1 Å². The Morgan fingerprint density at radius 2 is 2.15 bits per heavy atom. The van der Waals surface area contributed by atoms with Gasteiger partial charge in [0.2, 0.25) is 11.8 Å². The zero-order valence-electron chi connectivity index (χ0n) is 14.7. The average Bonchev–Trinajstić information content (AvgIpc) is 3.24. The number of nitrogens with zero attached hydrogens (tertiary/aromatic N) is 2. The van der Waals surface area contributed by atoms with Gasteiger partial charge >= 0.3 is 0 Å². The molecule has 1 N–H and O–H groups in total. The van der Waals surface area contributed by atoms with Crippen LogP contribution < -0.4 is 5.32 Å². The highest BCUT2D eigenvalue weighted by Gasteiger charge is 2.52. The molecule has 2 aliphatic heterocycles. The van der Waals surface area contributed by atoms with Gasteiger partial charge < -0.3 is 10.2 Å². The maximum Gasteiger partial charge on any atom is 0.249 e. The van der Waals surface area contributed by atoms with Gasteiger partial charge in [-0.2, -0.15) is 0 Å². The SMILES string of the molecule is Cc1sc(NC(=O)[C@@H]2CS[C@]3(C)CCC(=O)N23)nc1-c1ccc(F)c(F)c1. The quantitative estimate of drug-likeness (QED) is 0.838. The van der Waals surface area contributed by atoms with Crippen LogP contribution in [0.4, 0.5) is 13.9 Å². The van der Waals surface area contributed by atoms with Crippen LogP contribution in [0.5, 0.6) is 0 Å². The molecule has 1 aromatic heterocycles. The lowest BCUT2D eigenvalue weighted by atomic mass is 10.1. The first-order chi connectivity index (χ1) is 12.8. The summed E-state index contributed by atoms with van der Waals surface area (Å²) in [6.07, 6.45) is 1.21. The predicted molar refractivity (Wildman–Crippen MR) is 102 cm³/mol.